The molecule has 0 saturated carbocycles. The maximum atomic E-state index is 11.5. The van der Waals surface area contributed by atoms with Crippen LogP contribution in [0.4, 0.5) is 0 Å². The summed E-state index contributed by atoms with van der Waals surface area (Å²) in [6, 6.07) is 0. The van der Waals surface area contributed by atoms with Crippen molar-refractivity contribution in [3.63, 3.8) is 0 Å². The van der Waals surface area contributed by atoms with Crippen molar-refractivity contribution < 1.29 is 9.53 Å². The first-order chi connectivity index (χ1) is 10.3. The Morgan fingerprint density at radius 1 is 0.762 bits per heavy atom. The Morgan fingerprint density at radius 2 is 1.29 bits per heavy atom. The molecule has 0 bridgehead atoms. The summed E-state index contributed by atoms with van der Waals surface area (Å²) in [6.07, 6.45) is 16.8. The molecule has 0 N–H and O–H groups in total. The lowest BCUT2D eigenvalue weighted by molar-refractivity contribution is -0.143. The second kappa shape index (κ2) is 18.0. The SMILES string of the molecule is CCCCCCOC(=O)CCCCCCCCCCCBr. The minimum absolute atomic E-state index is 0.00118. The van der Waals surface area contributed by atoms with E-state index in [0.717, 1.165) is 18.2 Å². The van der Waals surface area contributed by atoms with Crippen LogP contribution in [0.3, 0.4) is 0 Å². The molecule has 0 radical (unpaired) electrons. The van der Waals surface area contributed by atoms with Gasteiger partial charge in [-0.3, -0.25) is 4.79 Å². The smallest absolute Gasteiger partial charge is 0.305 e. The van der Waals surface area contributed by atoms with Gasteiger partial charge in [0.05, 0.1) is 6.61 Å². The van der Waals surface area contributed by atoms with Crippen molar-refractivity contribution >= 4 is 21.9 Å². The number of halogens is 1. The van der Waals surface area contributed by atoms with Crippen LogP contribution < -0.4 is 0 Å². The van der Waals surface area contributed by atoms with Crippen molar-refractivity contribution in [1.29, 1.82) is 0 Å². The van der Waals surface area contributed by atoms with Gasteiger partial charge in [0, 0.05) is 11.8 Å². The Balaban J connectivity index is 3.11. The number of unbranched alkanes of at least 4 members (excludes halogenated alkanes) is 11. The highest BCUT2D eigenvalue weighted by atomic mass is 79.9. The summed E-state index contributed by atoms with van der Waals surface area (Å²) in [5, 5.41) is 1.14. The van der Waals surface area contributed by atoms with E-state index < -0.39 is 0 Å². The zero-order chi connectivity index (χ0) is 15.6. The molecule has 2 nitrogen and oxygen atoms in total. The zero-order valence-electron chi connectivity index (χ0n) is 14.0. The summed E-state index contributed by atoms with van der Waals surface area (Å²) in [5.74, 6) is 0.00118. The lowest BCUT2D eigenvalue weighted by Gasteiger charge is -2.05. The highest BCUT2D eigenvalue weighted by Gasteiger charge is 2.02. The summed E-state index contributed by atoms with van der Waals surface area (Å²) < 4.78 is 5.23. The number of esters is 1. The summed E-state index contributed by atoms with van der Waals surface area (Å²) in [5.41, 5.74) is 0. The van der Waals surface area contributed by atoms with Gasteiger partial charge < -0.3 is 4.74 Å². The molecule has 0 aliphatic rings. The highest BCUT2D eigenvalue weighted by molar-refractivity contribution is 9.09. The van der Waals surface area contributed by atoms with Gasteiger partial charge >= 0.3 is 5.97 Å². The maximum Gasteiger partial charge on any atom is 0.305 e. The molecule has 0 heterocycles. The van der Waals surface area contributed by atoms with Crippen molar-refractivity contribution in [3.8, 4) is 0 Å². The van der Waals surface area contributed by atoms with E-state index in [2.05, 4.69) is 22.9 Å². The van der Waals surface area contributed by atoms with E-state index in [-0.39, 0.29) is 5.97 Å². The molecule has 126 valence electrons. The Bertz CT molecular complexity index is 219. The summed E-state index contributed by atoms with van der Waals surface area (Å²) in [7, 11) is 0. The number of carbonyl (C=O) groups is 1. The maximum absolute atomic E-state index is 11.5. The molecule has 0 atom stereocenters. The number of hydrogen-bond donors (Lipinski definition) is 0. The second-order valence-electron chi connectivity index (χ2n) is 5.90. The fourth-order valence-electron chi connectivity index (χ4n) is 2.39. The Morgan fingerprint density at radius 3 is 1.86 bits per heavy atom. The van der Waals surface area contributed by atoms with E-state index in [4.69, 9.17) is 4.74 Å². The molecule has 0 aromatic heterocycles. The van der Waals surface area contributed by atoms with Crippen molar-refractivity contribution in [1.82, 2.24) is 0 Å². The lowest BCUT2D eigenvalue weighted by atomic mass is 10.1. The molecule has 0 aromatic rings. The van der Waals surface area contributed by atoms with Gasteiger partial charge in [0.25, 0.3) is 0 Å². The fraction of sp³-hybridized carbons (Fsp3) is 0.944. The molecule has 0 unspecified atom stereocenters. The fourth-order valence-corrected chi connectivity index (χ4v) is 2.78. The van der Waals surface area contributed by atoms with Crippen LogP contribution in [0.25, 0.3) is 0 Å². The van der Waals surface area contributed by atoms with Gasteiger partial charge in [-0.25, -0.2) is 0 Å². The van der Waals surface area contributed by atoms with Crippen molar-refractivity contribution in [2.24, 2.45) is 0 Å². The topological polar surface area (TPSA) is 26.3 Å². The summed E-state index contributed by atoms with van der Waals surface area (Å²) in [4.78, 5) is 11.5. The zero-order valence-corrected chi connectivity index (χ0v) is 15.6. The Kier molecular flexibility index (Phi) is 18.0. The van der Waals surface area contributed by atoms with Crippen molar-refractivity contribution in [2.75, 3.05) is 11.9 Å². The lowest BCUT2D eigenvalue weighted by Crippen LogP contribution is -2.05. The van der Waals surface area contributed by atoms with Crippen LogP contribution in [0.15, 0.2) is 0 Å². The normalized spacial score (nSPS) is 10.8. The van der Waals surface area contributed by atoms with Crippen LogP contribution in [0.1, 0.15) is 96.8 Å². The molecule has 0 fully saturated rings. The van der Waals surface area contributed by atoms with Crippen LogP contribution in [0.2, 0.25) is 0 Å². The van der Waals surface area contributed by atoms with Crippen LogP contribution in [0, 0.1) is 0 Å². The Labute approximate surface area is 140 Å². The van der Waals surface area contributed by atoms with Crippen LogP contribution in [0.5, 0.6) is 0 Å². The van der Waals surface area contributed by atoms with Gasteiger partial charge in [0.2, 0.25) is 0 Å². The monoisotopic (exact) mass is 362 g/mol. The third-order valence-corrected chi connectivity index (χ3v) is 4.34. The average molecular weight is 363 g/mol. The van der Waals surface area contributed by atoms with Gasteiger partial charge in [-0.2, -0.15) is 0 Å². The molecule has 0 aromatic carbocycles. The molecule has 0 amide bonds. The third kappa shape index (κ3) is 17.9. The molecule has 0 rings (SSSR count). The van der Waals surface area contributed by atoms with Crippen molar-refractivity contribution in [2.45, 2.75) is 96.8 Å². The first-order valence-corrected chi connectivity index (χ1v) is 10.1. The molecule has 0 aliphatic carbocycles. The van der Waals surface area contributed by atoms with Crippen LogP contribution in [-0.4, -0.2) is 17.9 Å². The third-order valence-electron chi connectivity index (χ3n) is 3.78. The van der Waals surface area contributed by atoms with E-state index in [0.29, 0.717) is 13.0 Å². The summed E-state index contributed by atoms with van der Waals surface area (Å²) >= 11 is 3.46. The molecule has 0 aliphatic heterocycles. The highest BCUT2D eigenvalue weighted by Crippen LogP contribution is 2.11. The molecule has 21 heavy (non-hydrogen) atoms. The van der Waals surface area contributed by atoms with Gasteiger partial charge in [0.15, 0.2) is 0 Å². The average Bonchev–Trinajstić information content (AvgIpc) is 2.49. The van der Waals surface area contributed by atoms with Crippen LogP contribution in [-0.2, 0) is 9.53 Å². The standard InChI is InChI=1S/C18H35BrO2/c1-2-3-4-14-17-21-18(20)15-12-10-8-6-5-7-9-11-13-16-19/h2-17H2,1H3. The van der Waals surface area contributed by atoms with Crippen molar-refractivity contribution in [3.05, 3.63) is 0 Å². The predicted octanol–water partition coefficient (Wildman–Crippen LogP) is 6.41. The van der Waals surface area contributed by atoms with E-state index in [1.54, 1.807) is 0 Å². The minimum Gasteiger partial charge on any atom is -0.466 e. The van der Waals surface area contributed by atoms with Gasteiger partial charge in [-0.15, -0.1) is 0 Å². The first kappa shape index (κ1) is 20.9. The largest absolute Gasteiger partial charge is 0.466 e. The number of carbonyl (C=O) groups excluding carboxylic acids is 1. The van der Waals surface area contributed by atoms with E-state index >= 15 is 0 Å². The van der Waals surface area contributed by atoms with E-state index in [9.17, 15) is 4.79 Å². The van der Waals surface area contributed by atoms with Gasteiger partial charge in [-0.05, 0) is 19.3 Å². The molecule has 0 saturated heterocycles. The molecule has 3 heteroatoms. The predicted molar refractivity (Wildman–Crippen MR) is 95.1 cm³/mol. The molecular formula is C18H35BrO2. The van der Waals surface area contributed by atoms with E-state index in [1.165, 1.54) is 70.6 Å². The second-order valence-corrected chi connectivity index (χ2v) is 6.70. The first-order valence-electron chi connectivity index (χ1n) is 9.02. The molecular weight excluding hydrogens is 328 g/mol. The number of hydrogen-bond acceptors (Lipinski definition) is 2. The van der Waals surface area contributed by atoms with E-state index in [1.807, 2.05) is 0 Å². The minimum atomic E-state index is 0.00118. The van der Waals surface area contributed by atoms with Gasteiger partial charge in [-0.1, -0.05) is 87.1 Å². The number of rotatable bonds is 16. The van der Waals surface area contributed by atoms with Gasteiger partial charge in [0.1, 0.15) is 0 Å². The quantitative estimate of drug-likeness (QED) is 0.180. The number of alkyl halides is 1. The van der Waals surface area contributed by atoms with Crippen LogP contribution >= 0.6 is 15.9 Å². The number of ether oxygens (including phenoxy) is 1. The molecule has 0 spiro atoms. The Hall–Kier alpha value is -0.0500. The summed E-state index contributed by atoms with van der Waals surface area (Å²) in [6.45, 7) is 2.81.